The molecule has 1 fully saturated rings. The molecule has 0 bridgehead atoms. The fraction of sp³-hybridized carbons (Fsp3) is 0.400. The van der Waals surface area contributed by atoms with Gasteiger partial charge in [0.05, 0.1) is 13.2 Å². The lowest BCUT2D eigenvalue weighted by Crippen LogP contribution is -2.41. The fourth-order valence-electron chi connectivity index (χ4n) is 2.28. The standard InChI is InChI=1S/C15H17ClN4O3/c16-12-3-1-2-11(10-12)14-18-19-15(23-14)13(21)17-4-5-20-6-8-22-9-7-20/h1-3,10H,4-9H2,(H,17,21). The van der Waals surface area contributed by atoms with Gasteiger partial charge in [-0.1, -0.05) is 17.7 Å². The SMILES string of the molecule is O=C(NCCN1CCOCC1)c1nnc(-c2cccc(Cl)c2)o1. The number of nitrogens with zero attached hydrogens (tertiary/aromatic N) is 3. The predicted octanol–water partition coefficient (Wildman–Crippen LogP) is 1.45. The summed E-state index contributed by atoms with van der Waals surface area (Å²) in [6, 6.07) is 7.03. The molecule has 1 aromatic carbocycles. The van der Waals surface area contributed by atoms with Gasteiger partial charge in [-0.3, -0.25) is 9.69 Å². The van der Waals surface area contributed by atoms with Crippen molar-refractivity contribution < 1.29 is 13.9 Å². The average Bonchev–Trinajstić information content (AvgIpc) is 3.06. The summed E-state index contributed by atoms with van der Waals surface area (Å²) in [7, 11) is 0. The third-order valence-electron chi connectivity index (χ3n) is 3.51. The van der Waals surface area contributed by atoms with Crippen LogP contribution in [0.25, 0.3) is 11.5 Å². The summed E-state index contributed by atoms with van der Waals surface area (Å²) in [4.78, 5) is 14.3. The highest BCUT2D eigenvalue weighted by molar-refractivity contribution is 6.30. The second kappa shape index (κ2) is 7.54. The summed E-state index contributed by atoms with van der Waals surface area (Å²) in [5.74, 6) is -0.160. The van der Waals surface area contributed by atoms with Gasteiger partial charge in [0.1, 0.15) is 0 Å². The van der Waals surface area contributed by atoms with Crippen molar-refractivity contribution in [3.05, 3.63) is 35.2 Å². The third kappa shape index (κ3) is 4.28. The van der Waals surface area contributed by atoms with Crippen LogP contribution in [-0.2, 0) is 4.74 Å². The van der Waals surface area contributed by atoms with Crippen LogP contribution in [0.15, 0.2) is 28.7 Å². The summed E-state index contributed by atoms with van der Waals surface area (Å²) < 4.78 is 10.7. The molecule has 122 valence electrons. The van der Waals surface area contributed by atoms with E-state index in [-0.39, 0.29) is 17.7 Å². The van der Waals surface area contributed by atoms with Crippen molar-refractivity contribution in [3.8, 4) is 11.5 Å². The maximum Gasteiger partial charge on any atom is 0.308 e. The Labute approximate surface area is 138 Å². The zero-order valence-corrected chi connectivity index (χ0v) is 13.3. The Balaban J connectivity index is 1.54. The molecule has 0 unspecified atom stereocenters. The van der Waals surface area contributed by atoms with Crippen molar-refractivity contribution in [2.45, 2.75) is 0 Å². The normalized spacial score (nSPS) is 15.5. The van der Waals surface area contributed by atoms with Crippen LogP contribution in [-0.4, -0.2) is 60.4 Å². The molecule has 1 aromatic heterocycles. The Morgan fingerprint density at radius 2 is 2.13 bits per heavy atom. The zero-order chi connectivity index (χ0) is 16.1. The quantitative estimate of drug-likeness (QED) is 0.890. The van der Waals surface area contributed by atoms with Crippen LogP contribution in [0.4, 0.5) is 0 Å². The summed E-state index contributed by atoms with van der Waals surface area (Å²) in [6.07, 6.45) is 0. The first-order chi connectivity index (χ1) is 11.2. The number of carbonyl (C=O) groups excluding carboxylic acids is 1. The van der Waals surface area contributed by atoms with E-state index in [4.69, 9.17) is 20.8 Å². The molecule has 1 saturated heterocycles. The predicted molar refractivity (Wildman–Crippen MR) is 84.3 cm³/mol. The van der Waals surface area contributed by atoms with E-state index in [9.17, 15) is 4.79 Å². The van der Waals surface area contributed by atoms with E-state index >= 15 is 0 Å². The van der Waals surface area contributed by atoms with Gasteiger partial charge in [-0.25, -0.2) is 0 Å². The van der Waals surface area contributed by atoms with Crippen molar-refractivity contribution in [2.75, 3.05) is 39.4 Å². The number of amides is 1. The van der Waals surface area contributed by atoms with Crippen molar-refractivity contribution in [1.82, 2.24) is 20.4 Å². The minimum atomic E-state index is -0.376. The molecule has 1 amide bonds. The summed E-state index contributed by atoms with van der Waals surface area (Å²) in [6.45, 7) is 4.53. The number of rotatable bonds is 5. The topological polar surface area (TPSA) is 80.5 Å². The average molecular weight is 337 g/mol. The Hall–Kier alpha value is -1.96. The van der Waals surface area contributed by atoms with Crippen LogP contribution in [0.1, 0.15) is 10.7 Å². The number of ether oxygens (including phenoxy) is 1. The molecule has 2 heterocycles. The number of morpholine rings is 1. The van der Waals surface area contributed by atoms with Crippen LogP contribution >= 0.6 is 11.6 Å². The smallest absolute Gasteiger partial charge is 0.308 e. The van der Waals surface area contributed by atoms with Crippen LogP contribution in [0.3, 0.4) is 0 Å². The molecule has 8 heteroatoms. The summed E-state index contributed by atoms with van der Waals surface area (Å²) in [5, 5.41) is 11.0. The fourth-order valence-corrected chi connectivity index (χ4v) is 2.47. The minimum absolute atomic E-state index is 0.0537. The van der Waals surface area contributed by atoms with Crippen molar-refractivity contribution in [1.29, 1.82) is 0 Å². The van der Waals surface area contributed by atoms with Gasteiger partial charge in [0.2, 0.25) is 5.89 Å². The number of carbonyl (C=O) groups is 1. The van der Waals surface area contributed by atoms with Gasteiger partial charge in [0, 0.05) is 36.8 Å². The second-order valence-corrected chi connectivity index (χ2v) is 5.57. The molecule has 0 aliphatic carbocycles. The number of hydrogen-bond donors (Lipinski definition) is 1. The molecule has 1 aliphatic rings. The van der Waals surface area contributed by atoms with Gasteiger partial charge in [0.15, 0.2) is 0 Å². The van der Waals surface area contributed by atoms with Gasteiger partial charge in [0.25, 0.3) is 0 Å². The second-order valence-electron chi connectivity index (χ2n) is 5.13. The zero-order valence-electron chi connectivity index (χ0n) is 12.5. The highest BCUT2D eigenvalue weighted by Gasteiger charge is 2.16. The van der Waals surface area contributed by atoms with Crippen LogP contribution in [0.5, 0.6) is 0 Å². The molecular formula is C15H17ClN4O3. The highest BCUT2D eigenvalue weighted by atomic mass is 35.5. The van der Waals surface area contributed by atoms with Crippen LogP contribution in [0.2, 0.25) is 5.02 Å². The summed E-state index contributed by atoms with van der Waals surface area (Å²) in [5.41, 5.74) is 0.678. The van der Waals surface area contributed by atoms with E-state index in [2.05, 4.69) is 20.4 Å². The van der Waals surface area contributed by atoms with E-state index in [1.807, 2.05) is 0 Å². The van der Waals surface area contributed by atoms with Gasteiger partial charge in [-0.05, 0) is 18.2 Å². The number of hydrogen-bond acceptors (Lipinski definition) is 6. The first-order valence-electron chi connectivity index (χ1n) is 7.40. The molecule has 0 spiro atoms. The Kier molecular flexibility index (Phi) is 5.22. The number of aromatic nitrogens is 2. The number of halogens is 1. The van der Waals surface area contributed by atoms with Gasteiger partial charge in [-0.15, -0.1) is 10.2 Å². The maximum absolute atomic E-state index is 12.0. The summed E-state index contributed by atoms with van der Waals surface area (Å²) >= 11 is 5.92. The van der Waals surface area contributed by atoms with Crippen LogP contribution < -0.4 is 5.32 Å². The Bertz CT molecular complexity index is 670. The molecule has 2 aromatic rings. The molecule has 3 rings (SSSR count). The van der Waals surface area contributed by atoms with E-state index in [0.29, 0.717) is 17.1 Å². The Morgan fingerprint density at radius 1 is 1.30 bits per heavy atom. The van der Waals surface area contributed by atoms with E-state index < -0.39 is 0 Å². The van der Waals surface area contributed by atoms with Crippen molar-refractivity contribution in [2.24, 2.45) is 0 Å². The van der Waals surface area contributed by atoms with Crippen molar-refractivity contribution >= 4 is 17.5 Å². The van der Waals surface area contributed by atoms with Gasteiger partial charge < -0.3 is 14.5 Å². The van der Waals surface area contributed by atoms with Gasteiger partial charge >= 0.3 is 11.8 Å². The molecule has 7 nitrogen and oxygen atoms in total. The lowest BCUT2D eigenvalue weighted by atomic mass is 10.2. The first-order valence-corrected chi connectivity index (χ1v) is 7.78. The molecule has 0 radical (unpaired) electrons. The highest BCUT2D eigenvalue weighted by Crippen LogP contribution is 2.21. The van der Waals surface area contributed by atoms with Crippen molar-refractivity contribution in [3.63, 3.8) is 0 Å². The number of nitrogens with one attached hydrogen (secondary N) is 1. The molecular weight excluding hydrogens is 320 g/mol. The third-order valence-corrected chi connectivity index (χ3v) is 3.74. The lowest BCUT2D eigenvalue weighted by Gasteiger charge is -2.26. The van der Waals surface area contributed by atoms with E-state index in [0.717, 1.165) is 32.8 Å². The lowest BCUT2D eigenvalue weighted by molar-refractivity contribution is 0.0382. The first kappa shape index (κ1) is 15.9. The van der Waals surface area contributed by atoms with E-state index in [1.54, 1.807) is 24.3 Å². The monoisotopic (exact) mass is 336 g/mol. The van der Waals surface area contributed by atoms with E-state index in [1.165, 1.54) is 0 Å². The maximum atomic E-state index is 12.0. The van der Waals surface area contributed by atoms with Gasteiger partial charge in [-0.2, -0.15) is 0 Å². The largest absolute Gasteiger partial charge is 0.412 e. The molecule has 23 heavy (non-hydrogen) atoms. The molecule has 1 aliphatic heterocycles. The Morgan fingerprint density at radius 3 is 2.91 bits per heavy atom. The molecule has 0 atom stereocenters. The molecule has 0 saturated carbocycles. The molecule has 1 N–H and O–H groups in total. The van der Waals surface area contributed by atoms with Crippen LogP contribution in [0, 0.1) is 0 Å². The minimum Gasteiger partial charge on any atom is -0.412 e. The number of benzene rings is 1.